The van der Waals surface area contributed by atoms with Gasteiger partial charge in [0.2, 0.25) is 0 Å². The molecule has 2 heterocycles. The number of benzene rings is 2. The topological polar surface area (TPSA) is 47.9 Å². The van der Waals surface area contributed by atoms with Crippen molar-refractivity contribution in [2.24, 2.45) is 0 Å². The van der Waals surface area contributed by atoms with Crippen LogP contribution < -0.4 is 4.48 Å². The summed E-state index contributed by atoms with van der Waals surface area (Å²) in [6.07, 6.45) is 0. The third-order valence-electron chi connectivity index (χ3n) is 5.97. The van der Waals surface area contributed by atoms with Gasteiger partial charge in [0.25, 0.3) is 0 Å². The number of hydrogen-bond acceptors (Lipinski definition) is 4. The second-order valence-electron chi connectivity index (χ2n) is 8.27. The lowest BCUT2D eigenvalue weighted by Crippen LogP contribution is -2.54. The van der Waals surface area contributed by atoms with Crippen molar-refractivity contribution < 1.29 is 4.74 Å². The normalized spacial score (nSPS) is 16.0. The molecule has 150 valence electrons. The van der Waals surface area contributed by atoms with Gasteiger partial charge in [-0.05, 0) is 49.9 Å². The standard InChI is InChI=1S/C24H29N4O/c1-16-8-6-9-17(2)20(16)22-25-23(21-18(3)10-7-11-19(21)4)27-24(26-22)28(5)12-14-29-15-13-28/h6-11H,12-15H2,1-5H3/q+1. The summed E-state index contributed by atoms with van der Waals surface area (Å²) in [5.41, 5.74) is 6.92. The van der Waals surface area contributed by atoms with Crippen LogP contribution in [0.1, 0.15) is 22.3 Å². The highest BCUT2D eigenvalue weighted by atomic mass is 16.5. The van der Waals surface area contributed by atoms with Gasteiger partial charge in [0, 0.05) is 11.1 Å². The highest BCUT2D eigenvalue weighted by Gasteiger charge is 2.33. The van der Waals surface area contributed by atoms with Crippen molar-refractivity contribution in [3.63, 3.8) is 0 Å². The lowest BCUT2D eigenvalue weighted by molar-refractivity contribution is 0.0496. The average Bonchev–Trinajstić information content (AvgIpc) is 2.68. The molecule has 0 aliphatic carbocycles. The second-order valence-corrected chi connectivity index (χ2v) is 8.27. The zero-order valence-electron chi connectivity index (χ0n) is 18.0. The van der Waals surface area contributed by atoms with E-state index in [9.17, 15) is 0 Å². The first-order valence-corrected chi connectivity index (χ1v) is 10.2. The first-order chi connectivity index (χ1) is 13.9. The highest BCUT2D eigenvalue weighted by Crippen LogP contribution is 2.31. The van der Waals surface area contributed by atoms with Crippen LogP contribution in [0, 0.1) is 27.7 Å². The molecule has 3 aromatic rings. The summed E-state index contributed by atoms with van der Waals surface area (Å²) >= 11 is 0. The molecule has 0 spiro atoms. The summed E-state index contributed by atoms with van der Waals surface area (Å²) in [6, 6.07) is 12.6. The molecule has 0 radical (unpaired) electrons. The van der Waals surface area contributed by atoms with Gasteiger partial charge >= 0.3 is 5.95 Å². The molecule has 0 N–H and O–H groups in total. The fourth-order valence-corrected chi connectivity index (χ4v) is 4.11. The molecular formula is C24H29N4O+. The summed E-state index contributed by atoms with van der Waals surface area (Å²) in [7, 11) is 2.20. The van der Waals surface area contributed by atoms with E-state index in [1.165, 1.54) is 22.3 Å². The first-order valence-electron chi connectivity index (χ1n) is 10.2. The Balaban J connectivity index is 1.98. The van der Waals surface area contributed by atoms with E-state index in [1.54, 1.807) is 0 Å². The predicted octanol–water partition coefficient (Wildman–Crippen LogP) is 4.41. The van der Waals surface area contributed by atoms with Crippen LogP contribution in [0.15, 0.2) is 36.4 Å². The Bertz CT molecular complexity index is 944. The number of aromatic nitrogens is 3. The number of hydrogen-bond donors (Lipinski definition) is 0. The Labute approximate surface area is 173 Å². The molecule has 0 amide bonds. The minimum Gasteiger partial charge on any atom is -0.370 e. The SMILES string of the molecule is Cc1cccc(C)c1-c1nc(-c2c(C)cccc2C)nc([N+]2(C)CCOCC2)n1. The number of morpholine rings is 1. The largest absolute Gasteiger partial charge is 0.370 e. The summed E-state index contributed by atoms with van der Waals surface area (Å²) in [4.78, 5) is 15.0. The summed E-state index contributed by atoms with van der Waals surface area (Å²) in [5.74, 6) is 2.33. The maximum absolute atomic E-state index is 5.61. The maximum Gasteiger partial charge on any atom is 0.332 e. The third-order valence-corrected chi connectivity index (χ3v) is 5.97. The van der Waals surface area contributed by atoms with Crippen molar-refractivity contribution in [1.82, 2.24) is 19.4 Å². The molecule has 0 saturated carbocycles. The van der Waals surface area contributed by atoms with Crippen molar-refractivity contribution >= 4 is 5.95 Å². The number of aryl methyl sites for hydroxylation is 4. The first kappa shape index (κ1) is 19.7. The fraction of sp³-hybridized carbons (Fsp3) is 0.375. The molecule has 0 unspecified atom stereocenters. The molecular weight excluding hydrogens is 360 g/mol. The highest BCUT2D eigenvalue weighted by molar-refractivity contribution is 5.70. The van der Waals surface area contributed by atoms with Gasteiger partial charge in [0.1, 0.15) is 13.1 Å². The molecule has 1 aromatic heterocycles. The van der Waals surface area contributed by atoms with Crippen LogP contribution in [-0.4, -0.2) is 48.3 Å². The fourth-order valence-electron chi connectivity index (χ4n) is 4.11. The lowest BCUT2D eigenvalue weighted by Gasteiger charge is -2.34. The Morgan fingerprint density at radius 3 is 1.52 bits per heavy atom. The van der Waals surface area contributed by atoms with E-state index in [4.69, 9.17) is 19.7 Å². The van der Waals surface area contributed by atoms with Crippen molar-refractivity contribution in [3.05, 3.63) is 58.7 Å². The Morgan fingerprint density at radius 1 is 0.690 bits per heavy atom. The van der Waals surface area contributed by atoms with Crippen LogP contribution in [0.2, 0.25) is 0 Å². The molecule has 29 heavy (non-hydrogen) atoms. The van der Waals surface area contributed by atoms with Crippen LogP contribution >= 0.6 is 0 Å². The molecule has 1 aliphatic heterocycles. The zero-order chi connectivity index (χ0) is 20.6. The van der Waals surface area contributed by atoms with Crippen molar-refractivity contribution in [1.29, 1.82) is 0 Å². The predicted molar refractivity (Wildman–Crippen MR) is 118 cm³/mol. The molecule has 1 saturated heterocycles. The number of nitrogens with zero attached hydrogens (tertiary/aromatic N) is 4. The Morgan fingerprint density at radius 2 is 1.10 bits per heavy atom. The van der Waals surface area contributed by atoms with Crippen molar-refractivity contribution in [2.75, 3.05) is 33.4 Å². The van der Waals surface area contributed by atoms with E-state index in [-0.39, 0.29) is 0 Å². The van der Waals surface area contributed by atoms with E-state index in [2.05, 4.69) is 71.1 Å². The van der Waals surface area contributed by atoms with Crippen LogP contribution in [0.3, 0.4) is 0 Å². The molecule has 4 rings (SSSR count). The number of likely N-dealkylation sites (N-methyl/N-ethyl adjacent to an activating group) is 1. The van der Waals surface area contributed by atoms with Crippen LogP contribution in [0.25, 0.3) is 22.8 Å². The van der Waals surface area contributed by atoms with E-state index < -0.39 is 0 Å². The molecule has 0 bridgehead atoms. The minimum absolute atomic E-state index is 0.665. The quantitative estimate of drug-likeness (QED) is 0.623. The average molecular weight is 390 g/mol. The third kappa shape index (κ3) is 3.68. The molecule has 5 nitrogen and oxygen atoms in total. The van der Waals surface area contributed by atoms with Gasteiger partial charge < -0.3 is 4.74 Å². The molecule has 0 atom stereocenters. The molecule has 2 aromatic carbocycles. The Kier molecular flexibility index (Phi) is 5.19. The smallest absolute Gasteiger partial charge is 0.332 e. The molecule has 1 fully saturated rings. The van der Waals surface area contributed by atoms with Crippen LogP contribution in [0.4, 0.5) is 5.95 Å². The van der Waals surface area contributed by atoms with Gasteiger partial charge in [-0.15, -0.1) is 0 Å². The van der Waals surface area contributed by atoms with Crippen LogP contribution in [-0.2, 0) is 4.74 Å². The number of quaternary nitrogens is 1. The second kappa shape index (κ2) is 7.65. The summed E-state index contributed by atoms with van der Waals surface area (Å²) < 4.78 is 6.27. The maximum atomic E-state index is 5.61. The monoisotopic (exact) mass is 389 g/mol. The number of rotatable bonds is 3. The van der Waals surface area contributed by atoms with Gasteiger partial charge in [0.15, 0.2) is 11.6 Å². The van der Waals surface area contributed by atoms with E-state index >= 15 is 0 Å². The van der Waals surface area contributed by atoms with Gasteiger partial charge in [-0.25, -0.2) is 4.98 Å². The van der Waals surface area contributed by atoms with Gasteiger partial charge in [-0.3, -0.25) is 4.48 Å². The summed E-state index contributed by atoms with van der Waals surface area (Å²) in [6.45, 7) is 11.7. The lowest BCUT2D eigenvalue weighted by atomic mass is 10.0. The Hall–Kier alpha value is -2.63. The van der Waals surface area contributed by atoms with E-state index in [1.807, 2.05) is 0 Å². The van der Waals surface area contributed by atoms with Crippen molar-refractivity contribution in [3.8, 4) is 22.8 Å². The van der Waals surface area contributed by atoms with Crippen LogP contribution in [0.5, 0.6) is 0 Å². The van der Waals surface area contributed by atoms with E-state index in [0.717, 1.165) is 55.0 Å². The molecule has 1 aliphatic rings. The van der Waals surface area contributed by atoms with Gasteiger partial charge in [-0.1, -0.05) is 36.4 Å². The van der Waals surface area contributed by atoms with Crippen molar-refractivity contribution in [2.45, 2.75) is 27.7 Å². The summed E-state index contributed by atoms with van der Waals surface area (Å²) in [5, 5.41) is 0. The van der Waals surface area contributed by atoms with Gasteiger partial charge in [0.05, 0.1) is 20.3 Å². The zero-order valence-corrected chi connectivity index (χ0v) is 18.0. The van der Waals surface area contributed by atoms with E-state index in [0.29, 0.717) is 4.48 Å². The minimum atomic E-state index is 0.665. The van der Waals surface area contributed by atoms with Gasteiger partial charge in [-0.2, -0.15) is 9.97 Å². The number of ether oxygens (including phenoxy) is 1. The molecule has 5 heteroatoms.